The summed E-state index contributed by atoms with van der Waals surface area (Å²) < 4.78 is 39.2. The molecule has 0 spiro atoms. The maximum Gasteiger partial charge on any atom is 0.323 e. The second kappa shape index (κ2) is 10.3. The van der Waals surface area contributed by atoms with Crippen LogP contribution in [-0.2, 0) is 4.74 Å². The Balaban J connectivity index is 1.31. The molecular formula is C25H20ClF2N5O3. The van der Waals surface area contributed by atoms with Crippen LogP contribution in [0.25, 0.3) is 11.0 Å². The van der Waals surface area contributed by atoms with Gasteiger partial charge in [0.1, 0.15) is 17.4 Å². The van der Waals surface area contributed by atoms with Crippen LogP contribution in [0, 0.1) is 11.6 Å². The molecule has 11 heteroatoms. The normalized spacial score (nSPS) is 13.5. The van der Waals surface area contributed by atoms with E-state index in [0.29, 0.717) is 30.0 Å². The van der Waals surface area contributed by atoms with Crippen molar-refractivity contribution in [2.45, 2.75) is 0 Å². The number of hydrogen-bond acceptors (Lipinski definition) is 6. The number of anilines is 3. The van der Waals surface area contributed by atoms with Crippen LogP contribution in [0.4, 0.5) is 30.8 Å². The van der Waals surface area contributed by atoms with E-state index in [1.165, 1.54) is 30.3 Å². The van der Waals surface area contributed by atoms with Gasteiger partial charge in [-0.15, -0.1) is 0 Å². The highest BCUT2D eigenvalue weighted by Gasteiger charge is 2.14. The third-order valence-electron chi connectivity index (χ3n) is 5.43. The topological polar surface area (TPSA) is 88.6 Å². The summed E-state index contributed by atoms with van der Waals surface area (Å²) in [5, 5.41) is 4.99. The largest absolute Gasteiger partial charge is 0.454 e. The SMILES string of the molecule is O=C(Nc1ccc(Cl)c(F)c1)Nc1ccc(F)c(Oc2ccc3ncc(N4CCOCC4)nc3c2)c1. The highest BCUT2D eigenvalue weighted by molar-refractivity contribution is 6.30. The molecule has 2 amide bonds. The molecule has 184 valence electrons. The molecule has 0 saturated carbocycles. The number of amides is 2. The van der Waals surface area contributed by atoms with Crippen LogP contribution in [0.2, 0.25) is 5.02 Å². The Morgan fingerprint density at radius 2 is 1.69 bits per heavy atom. The van der Waals surface area contributed by atoms with Crippen LogP contribution < -0.4 is 20.3 Å². The average Bonchev–Trinajstić information content (AvgIpc) is 2.88. The molecule has 0 atom stereocenters. The number of hydrogen-bond donors (Lipinski definition) is 2. The average molecular weight is 512 g/mol. The van der Waals surface area contributed by atoms with Gasteiger partial charge < -0.3 is 25.0 Å². The second-order valence-electron chi connectivity index (χ2n) is 7.93. The molecule has 1 aliphatic rings. The fraction of sp³-hybridized carbons (Fsp3) is 0.160. The summed E-state index contributed by atoms with van der Waals surface area (Å²) in [6.07, 6.45) is 1.71. The number of carbonyl (C=O) groups excluding carboxylic acids is 1. The van der Waals surface area contributed by atoms with E-state index in [0.717, 1.165) is 25.0 Å². The zero-order valence-corrected chi connectivity index (χ0v) is 19.6. The predicted molar refractivity (Wildman–Crippen MR) is 133 cm³/mol. The van der Waals surface area contributed by atoms with Crippen LogP contribution in [-0.4, -0.2) is 42.3 Å². The van der Waals surface area contributed by atoms with Crippen molar-refractivity contribution in [1.29, 1.82) is 0 Å². The first-order valence-electron chi connectivity index (χ1n) is 11.0. The van der Waals surface area contributed by atoms with E-state index < -0.39 is 17.7 Å². The zero-order chi connectivity index (χ0) is 25.1. The minimum absolute atomic E-state index is 0.0572. The first-order valence-corrected chi connectivity index (χ1v) is 11.4. The molecular weight excluding hydrogens is 492 g/mol. The number of nitrogens with one attached hydrogen (secondary N) is 2. The van der Waals surface area contributed by atoms with Crippen molar-refractivity contribution in [3.05, 3.63) is 77.5 Å². The molecule has 1 fully saturated rings. The second-order valence-corrected chi connectivity index (χ2v) is 8.34. The van der Waals surface area contributed by atoms with Crippen molar-refractivity contribution in [2.24, 2.45) is 0 Å². The van der Waals surface area contributed by atoms with Crippen molar-refractivity contribution >= 4 is 45.9 Å². The minimum Gasteiger partial charge on any atom is -0.454 e. The number of urea groups is 1. The Bertz CT molecular complexity index is 1430. The van der Waals surface area contributed by atoms with Gasteiger partial charge in [-0.3, -0.25) is 4.98 Å². The number of aromatic nitrogens is 2. The Morgan fingerprint density at radius 1 is 0.944 bits per heavy atom. The van der Waals surface area contributed by atoms with E-state index in [9.17, 15) is 13.6 Å². The molecule has 36 heavy (non-hydrogen) atoms. The predicted octanol–water partition coefficient (Wildman–Crippen LogP) is 5.83. The van der Waals surface area contributed by atoms with Crippen molar-refractivity contribution in [2.75, 3.05) is 41.8 Å². The highest BCUT2D eigenvalue weighted by Crippen LogP contribution is 2.30. The van der Waals surface area contributed by atoms with Crippen LogP contribution in [0.15, 0.2) is 60.8 Å². The summed E-state index contributed by atoms with van der Waals surface area (Å²) in [5.41, 5.74) is 1.75. The lowest BCUT2D eigenvalue weighted by Gasteiger charge is -2.27. The number of halogens is 3. The van der Waals surface area contributed by atoms with Crippen molar-refractivity contribution < 1.29 is 23.0 Å². The molecule has 2 N–H and O–H groups in total. The molecule has 8 nitrogen and oxygen atoms in total. The Hall–Kier alpha value is -4.02. The molecule has 0 bridgehead atoms. The molecule has 1 aliphatic heterocycles. The maximum absolute atomic E-state index is 14.5. The van der Waals surface area contributed by atoms with E-state index in [-0.39, 0.29) is 22.1 Å². The smallest absolute Gasteiger partial charge is 0.323 e. The summed E-state index contributed by atoms with van der Waals surface area (Å²) >= 11 is 5.65. The summed E-state index contributed by atoms with van der Waals surface area (Å²) in [4.78, 5) is 23.5. The quantitative estimate of drug-likeness (QED) is 0.350. The Morgan fingerprint density at radius 3 is 2.47 bits per heavy atom. The van der Waals surface area contributed by atoms with Crippen LogP contribution in [0.5, 0.6) is 11.5 Å². The highest BCUT2D eigenvalue weighted by atomic mass is 35.5. The van der Waals surface area contributed by atoms with Gasteiger partial charge in [0.15, 0.2) is 11.6 Å². The molecule has 0 radical (unpaired) electrons. The van der Waals surface area contributed by atoms with Crippen LogP contribution >= 0.6 is 11.6 Å². The molecule has 3 aromatic carbocycles. The molecule has 2 heterocycles. The minimum atomic E-state index is -0.663. The van der Waals surface area contributed by atoms with Gasteiger partial charge in [-0.25, -0.2) is 18.6 Å². The monoisotopic (exact) mass is 511 g/mol. The number of benzene rings is 3. The van der Waals surface area contributed by atoms with Crippen molar-refractivity contribution in [3.8, 4) is 11.5 Å². The molecule has 1 saturated heterocycles. The first-order chi connectivity index (χ1) is 17.4. The lowest BCUT2D eigenvalue weighted by atomic mass is 10.2. The zero-order valence-electron chi connectivity index (χ0n) is 18.8. The van der Waals surface area contributed by atoms with Gasteiger partial charge in [-0.05, 0) is 42.5 Å². The third kappa shape index (κ3) is 5.45. The fourth-order valence-corrected chi connectivity index (χ4v) is 3.76. The maximum atomic E-state index is 14.5. The van der Waals surface area contributed by atoms with Crippen molar-refractivity contribution in [3.63, 3.8) is 0 Å². The number of nitrogens with zero attached hydrogens (tertiary/aromatic N) is 3. The lowest BCUT2D eigenvalue weighted by Crippen LogP contribution is -2.36. The fourth-order valence-electron chi connectivity index (χ4n) is 3.64. The van der Waals surface area contributed by atoms with Gasteiger partial charge in [0.05, 0.1) is 35.5 Å². The van der Waals surface area contributed by atoms with E-state index >= 15 is 0 Å². The molecule has 0 aliphatic carbocycles. The van der Waals surface area contributed by atoms with E-state index in [1.54, 1.807) is 24.4 Å². The van der Waals surface area contributed by atoms with Gasteiger partial charge in [0.25, 0.3) is 0 Å². The van der Waals surface area contributed by atoms with E-state index in [1.807, 2.05) is 0 Å². The summed E-state index contributed by atoms with van der Waals surface area (Å²) in [6, 6.07) is 12.2. The summed E-state index contributed by atoms with van der Waals surface area (Å²) in [5.74, 6) is -0.292. The van der Waals surface area contributed by atoms with Gasteiger partial charge in [-0.2, -0.15) is 0 Å². The van der Waals surface area contributed by atoms with Crippen LogP contribution in [0.1, 0.15) is 0 Å². The van der Waals surface area contributed by atoms with Gasteiger partial charge in [-0.1, -0.05) is 11.6 Å². The molecule has 4 aromatic rings. The lowest BCUT2D eigenvalue weighted by molar-refractivity contribution is 0.122. The third-order valence-corrected chi connectivity index (χ3v) is 5.74. The molecule has 5 rings (SSSR count). The standard InChI is InChI=1S/C25H20ClF2N5O3/c26-18-4-1-15(11-20(18)28)30-25(34)31-16-2-5-19(27)23(12-16)36-17-3-6-21-22(13-17)32-24(14-29-21)33-7-9-35-10-8-33/h1-6,11-14H,7-10H2,(H2,30,31,34). The number of carbonyl (C=O) groups is 1. The number of ether oxygens (including phenoxy) is 2. The number of morpholine rings is 1. The van der Waals surface area contributed by atoms with Crippen LogP contribution in [0.3, 0.4) is 0 Å². The molecule has 1 aromatic heterocycles. The van der Waals surface area contributed by atoms with Gasteiger partial charge in [0.2, 0.25) is 0 Å². The van der Waals surface area contributed by atoms with E-state index in [2.05, 4.69) is 25.5 Å². The van der Waals surface area contributed by atoms with Crippen molar-refractivity contribution in [1.82, 2.24) is 9.97 Å². The van der Waals surface area contributed by atoms with Gasteiger partial charge in [0, 0.05) is 36.6 Å². The Labute approximate surface area is 209 Å². The summed E-state index contributed by atoms with van der Waals surface area (Å²) in [7, 11) is 0. The number of fused-ring (bicyclic) bond motifs is 1. The Kier molecular flexibility index (Phi) is 6.79. The van der Waals surface area contributed by atoms with E-state index in [4.69, 9.17) is 21.1 Å². The first kappa shape index (κ1) is 23.7. The summed E-state index contributed by atoms with van der Waals surface area (Å²) in [6.45, 7) is 2.70. The van der Waals surface area contributed by atoms with Gasteiger partial charge >= 0.3 is 6.03 Å². The number of rotatable bonds is 5. The molecule has 0 unspecified atom stereocenters.